The summed E-state index contributed by atoms with van der Waals surface area (Å²) in [4.78, 5) is 30.3. The highest BCUT2D eigenvalue weighted by Gasteiger charge is 2.35. The van der Waals surface area contributed by atoms with Gasteiger partial charge in [0, 0.05) is 56.4 Å². The first-order valence-corrected chi connectivity index (χ1v) is 12.1. The van der Waals surface area contributed by atoms with Crippen molar-refractivity contribution in [3.8, 4) is 5.75 Å². The number of aromatic nitrogens is 3. The second kappa shape index (κ2) is 9.56. The topological polar surface area (TPSA) is 101 Å². The molecule has 1 saturated heterocycles. The van der Waals surface area contributed by atoms with Gasteiger partial charge in [0.25, 0.3) is 5.91 Å². The van der Waals surface area contributed by atoms with Gasteiger partial charge in [0.2, 0.25) is 5.91 Å². The second-order valence-electron chi connectivity index (χ2n) is 9.62. The molecule has 3 heterocycles. The molecule has 2 fully saturated rings. The van der Waals surface area contributed by atoms with Crippen LogP contribution in [0.5, 0.6) is 5.75 Å². The number of alkyl halides is 3. The zero-order valence-corrected chi connectivity index (χ0v) is 20.4. The summed E-state index contributed by atoms with van der Waals surface area (Å²) in [6.07, 6.45) is 0.820. The maximum atomic E-state index is 13.6. The predicted octanol–water partition coefficient (Wildman–Crippen LogP) is 3.36. The molecular formula is C25H27F3N6O3. The van der Waals surface area contributed by atoms with Crippen LogP contribution in [0.2, 0.25) is 0 Å². The van der Waals surface area contributed by atoms with E-state index in [1.54, 1.807) is 30.3 Å². The van der Waals surface area contributed by atoms with Gasteiger partial charge in [-0.2, -0.15) is 18.3 Å². The van der Waals surface area contributed by atoms with Crippen molar-refractivity contribution in [1.82, 2.24) is 25.0 Å². The minimum Gasteiger partial charge on any atom is -0.490 e. The molecule has 196 valence electrons. The third kappa shape index (κ3) is 5.78. The molecule has 1 saturated carbocycles. The zero-order valence-electron chi connectivity index (χ0n) is 20.4. The molecule has 0 radical (unpaired) electrons. The van der Waals surface area contributed by atoms with E-state index in [1.807, 2.05) is 0 Å². The SMILES string of the molecule is CC(=O)N1C[C@@H](NC(=O)c2cnn(C)c2)C[C@@H](Nc2cc(C(F)(F)F)nc3ccc(OC4CC4)cc23)C1. The van der Waals surface area contributed by atoms with Gasteiger partial charge in [-0.3, -0.25) is 14.3 Å². The number of nitrogens with one attached hydrogen (secondary N) is 2. The van der Waals surface area contributed by atoms with E-state index >= 15 is 0 Å². The molecule has 2 N–H and O–H groups in total. The fourth-order valence-corrected chi connectivity index (χ4v) is 4.51. The number of aryl methyl sites for hydroxylation is 1. The van der Waals surface area contributed by atoms with E-state index in [4.69, 9.17) is 4.74 Å². The Bertz CT molecular complexity index is 1340. The van der Waals surface area contributed by atoms with Crippen LogP contribution in [-0.4, -0.2) is 62.8 Å². The van der Waals surface area contributed by atoms with E-state index in [0.29, 0.717) is 29.7 Å². The van der Waals surface area contributed by atoms with Crippen molar-refractivity contribution >= 4 is 28.4 Å². The molecular weight excluding hydrogens is 489 g/mol. The van der Waals surface area contributed by atoms with Crippen LogP contribution in [0.1, 0.15) is 42.2 Å². The molecule has 12 heteroatoms. The average Bonchev–Trinajstić information content (AvgIpc) is 3.54. The molecule has 37 heavy (non-hydrogen) atoms. The van der Waals surface area contributed by atoms with Gasteiger partial charge in [-0.25, -0.2) is 4.98 Å². The van der Waals surface area contributed by atoms with Crippen LogP contribution in [-0.2, 0) is 18.0 Å². The molecule has 2 atom stereocenters. The van der Waals surface area contributed by atoms with Gasteiger partial charge in [-0.1, -0.05) is 0 Å². The lowest BCUT2D eigenvalue weighted by molar-refractivity contribution is -0.140. The summed E-state index contributed by atoms with van der Waals surface area (Å²) in [6, 6.07) is 4.99. The number of amides is 2. The smallest absolute Gasteiger partial charge is 0.433 e. The molecule has 1 aromatic carbocycles. The Labute approximate surface area is 211 Å². The summed E-state index contributed by atoms with van der Waals surface area (Å²) in [7, 11) is 1.70. The number of piperidine rings is 1. The number of nitrogens with zero attached hydrogens (tertiary/aromatic N) is 4. The minimum atomic E-state index is -4.63. The van der Waals surface area contributed by atoms with Crippen molar-refractivity contribution < 1.29 is 27.5 Å². The fourth-order valence-electron chi connectivity index (χ4n) is 4.51. The Morgan fingerprint density at radius 2 is 1.89 bits per heavy atom. The monoisotopic (exact) mass is 516 g/mol. The molecule has 1 aliphatic carbocycles. The Morgan fingerprint density at radius 1 is 1.14 bits per heavy atom. The first kappa shape index (κ1) is 24.8. The van der Waals surface area contributed by atoms with Crippen LogP contribution < -0.4 is 15.4 Å². The van der Waals surface area contributed by atoms with Crippen LogP contribution >= 0.6 is 0 Å². The number of carbonyl (C=O) groups is 2. The third-order valence-corrected chi connectivity index (χ3v) is 6.46. The molecule has 2 aromatic heterocycles. The molecule has 0 unspecified atom stereocenters. The summed E-state index contributed by atoms with van der Waals surface area (Å²) >= 11 is 0. The van der Waals surface area contributed by atoms with Gasteiger partial charge in [-0.15, -0.1) is 0 Å². The first-order chi connectivity index (χ1) is 17.5. The van der Waals surface area contributed by atoms with Crippen molar-refractivity contribution in [1.29, 1.82) is 0 Å². The number of anilines is 1. The number of halogens is 3. The number of ether oxygens (including phenoxy) is 1. The van der Waals surface area contributed by atoms with Gasteiger partial charge < -0.3 is 20.3 Å². The highest BCUT2D eigenvalue weighted by atomic mass is 19.4. The van der Waals surface area contributed by atoms with Crippen molar-refractivity contribution in [2.75, 3.05) is 18.4 Å². The van der Waals surface area contributed by atoms with Gasteiger partial charge in [0.1, 0.15) is 11.4 Å². The van der Waals surface area contributed by atoms with E-state index in [2.05, 4.69) is 20.7 Å². The van der Waals surface area contributed by atoms with Gasteiger partial charge in [0.15, 0.2) is 0 Å². The number of hydrogen-bond acceptors (Lipinski definition) is 6. The van der Waals surface area contributed by atoms with Gasteiger partial charge >= 0.3 is 6.18 Å². The van der Waals surface area contributed by atoms with E-state index in [1.165, 1.54) is 23.9 Å². The summed E-state index contributed by atoms with van der Waals surface area (Å²) < 4.78 is 48.3. The number of hydrogen-bond donors (Lipinski definition) is 2. The molecule has 0 spiro atoms. The van der Waals surface area contributed by atoms with E-state index < -0.39 is 24.0 Å². The Kier molecular flexibility index (Phi) is 6.42. The number of fused-ring (bicyclic) bond motifs is 1. The van der Waals surface area contributed by atoms with Crippen LogP contribution in [0.3, 0.4) is 0 Å². The third-order valence-electron chi connectivity index (χ3n) is 6.46. The number of likely N-dealkylation sites (tertiary alicyclic amines) is 1. The molecule has 1 aliphatic heterocycles. The standard InChI is InChI=1S/C25H27F3N6O3/c1-14(35)34-12-16(7-17(13-34)31-24(36)15-10-29-33(2)11-15)30-22-9-23(25(26,27)28)32-21-6-5-19(8-20(21)22)37-18-3-4-18/h5-6,8-11,16-18H,3-4,7,12-13H2,1-2H3,(H,30,32)(H,31,36)/t16-,17+/m1/s1. The Hall–Kier alpha value is -3.83. The van der Waals surface area contributed by atoms with E-state index in [0.717, 1.165) is 18.9 Å². The van der Waals surface area contributed by atoms with Crippen molar-refractivity contribution in [3.05, 3.63) is 47.9 Å². The number of rotatable bonds is 6. The fraction of sp³-hybridized carbons (Fsp3) is 0.440. The predicted molar refractivity (Wildman–Crippen MR) is 129 cm³/mol. The van der Waals surface area contributed by atoms with Crippen LogP contribution in [0, 0.1) is 0 Å². The molecule has 9 nitrogen and oxygen atoms in total. The molecule has 3 aromatic rings. The van der Waals surface area contributed by atoms with Crippen LogP contribution in [0.4, 0.5) is 18.9 Å². The summed E-state index contributed by atoms with van der Waals surface area (Å²) in [6.45, 7) is 2.00. The Morgan fingerprint density at radius 3 is 2.54 bits per heavy atom. The van der Waals surface area contributed by atoms with Crippen molar-refractivity contribution in [2.24, 2.45) is 7.05 Å². The number of pyridine rings is 1. The summed E-state index contributed by atoms with van der Waals surface area (Å²) in [5.41, 5.74) is -0.212. The van der Waals surface area contributed by atoms with Gasteiger partial charge in [-0.05, 0) is 43.5 Å². The molecule has 2 aliphatic rings. The van der Waals surface area contributed by atoms with Gasteiger partial charge in [0.05, 0.1) is 23.4 Å². The average molecular weight is 517 g/mol. The maximum Gasteiger partial charge on any atom is 0.433 e. The summed E-state index contributed by atoms with van der Waals surface area (Å²) in [5.74, 6) is 0.0378. The molecule has 2 amide bonds. The van der Waals surface area contributed by atoms with Crippen molar-refractivity contribution in [2.45, 2.75) is 50.6 Å². The zero-order chi connectivity index (χ0) is 26.3. The molecule has 0 bridgehead atoms. The lowest BCUT2D eigenvalue weighted by Crippen LogP contribution is -2.55. The second-order valence-corrected chi connectivity index (χ2v) is 9.62. The Balaban J connectivity index is 1.43. The highest BCUT2D eigenvalue weighted by Crippen LogP contribution is 2.36. The van der Waals surface area contributed by atoms with Crippen LogP contribution in [0.25, 0.3) is 10.9 Å². The lowest BCUT2D eigenvalue weighted by atomic mass is 9.99. The normalized spacial score (nSPS) is 20.1. The quantitative estimate of drug-likeness (QED) is 0.521. The summed E-state index contributed by atoms with van der Waals surface area (Å²) in [5, 5.41) is 10.6. The van der Waals surface area contributed by atoms with Crippen LogP contribution in [0.15, 0.2) is 36.7 Å². The maximum absolute atomic E-state index is 13.6. The van der Waals surface area contributed by atoms with E-state index in [-0.39, 0.29) is 35.7 Å². The number of carbonyl (C=O) groups excluding carboxylic acids is 2. The first-order valence-electron chi connectivity index (χ1n) is 12.1. The minimum absolute atomic E-state index is 0.128. The van der Waals surface area contributed by atoms with Crippen molar-refractivity contribution in [3.63, 3.8) is 0 Å². The molecule has 5 rings (SSSR count). The number of benzene rings is 1. The highest BCUT2D eigenvalue weighted by molar-refractivity contribution is 5.94. The lowest BCUT2D eigenvalue weighted by Gasteiger charge is -2.38. The van der Waals surface area contributed by atoms with E-state index in [9.17, 15) is 22.8 Å². The largest absolute Gasteiger partial charge is 0.490 e.